The molecule has 0 radical (unpaired) electrons. The molecule has 20 heavy (non-hydrogen) atoms. The molecule has 0 bridgehead atoms. The quantitative estimate of drug-likeness (QED) is 0.601. The summed E-state index contributed by atoms with van der Waals surface area (Å²) in [6.07, 6.45) is 0. The summed E-state index contributed by atoms with van der Waals surface area (Å²) in [4.78, 5) is 12.1. The number of benzene rings is 2. The average Bonchev–Trinajstić information content (AvgIpc) is 2.42. The van der Waals surface area contributed by atoms with Crippen LogP contribution >= 0.6 is 11.6 Å². The van der Waals surface area contributed by atoms with E-state index in [0.717, 1.165) is 11.3 Å². The number of rotatable bonds is 3. The van der Waals surface area contributed by atoms with E-state index >= 15 is 0 Å². The number of nitrogen functional groups attached to an aromatic ring is 1. The lowest BCUT2D eigenvalue weighted by Gasteiger charge is -2.09. The first-order chi connectivity index (χ1) is 9.51. The van der Waals surface area contributed by atoms with Gasteiger partial charge in [0.25, 0.3) is 5.91 Å². The predicted octanol–water partition coefficient (Wildman–Crippen LogP) is 3.33. The van der Waals surface area contributed by atoms with Crippen LogP contribution in [-0.2, 0) is 0 Å². The van der Waals surface area contributed by atoms with Crippen LogP contribution in [-0.4, -0.2) is 5.91 Å². The van der Waals surface area contributed by atoms with Gasteiger partial charge >= 0.3 is 0 Å². The number of hydrazine groups is 1. The van der Waals surface area contributed by atoms with Gasteiger partial charge in [0, 0.05) is 10.6 Å². The lowest BCUT2D eigenvalue weighted by Crippen LogP contribution is -2.14. The van der Waals surface area contributed by atoms with Crippen LogP contribution in [0.5, 0.6) is 0 Å². The Morgan fingerprint density at radius 3 is 2.60 bits per heavy atom. The molecule has 2 aromatic carbocycles. The molecule has 0 atom stereocenters. The highest BCUT2D eigenvalue weighted by molar-refractivity contribution is 6.31. The van der Waals surface area contributed by atoms with E-state index in [-0.39, 0.29) is 5.69 Å². The third-order valence-corrected chi connectivity index (χ3v) is 3.06. The number of amides is 1. The van der Waals surface area contributed by atoms with Crippen LogP contribution in [0.2, 0.25) is 5.02 Å². The van der Waals surface area contributed by atoms with E-state index in [4.69, 9.17) is 17.4 Å². The predicted molar refractivity (Wildman–Crippen MR) is 78.4 cm³/mol. The highest BCUT2D eigenvalue weighted by atomic mass is 35.5. The number of halogens is 2. The molecular weight excluding hydrogens is 281 g/mol. The molecule has 0 aliphatic carbocycles. The van der Waals surface area contributed by atoms with Crippen molar-refractivity contribution in [3.05, 3.63) is 58.4 Å². The largest absolute Gasteiger partial charge is 0.324 e. The Morgan fingerprint density at radius 1 is 1.20 bits per heavy atom. The van der Waals surface area contributed by atoms with Crippen LogP contribution < -0.4 is 16.6 Å². The molecule has 104 valence electrons. The summed E-state index contributed by atoms with van der Waals surface area (Å²) in [5.41, 5.74) is 4.49. The minimum absolute atomic E-state index is 0.0428. The van der Waals surface area contributed by atoms with Crippen molar-refractivity contribution in [2.24, 2.45) is 5.84 Å². The number of hydrogen-bond acceptors (Lipinski definition) is 3. The molecular formula is C14H13ClFN3O. The van der Waals surface area contributed by atoms with Gasteiger partial charge in [-0.3, -0.25) is 10.6 Å². The van der Waals surface area contributed by atoms with Gasteiger partial charge in [-0.05, 0) is 48.9 Å². The van der Waals surface area contributed by atoms with Crippen molar-refractivity contribution in [3.63, 3.8) is 0 Å². The Labute approximate surface area is 120 Å². The molecule has 2 aromatic rings. The molecule has 1 amide bonds. The third-order valence-electron chi connectivity index (χ3n) is 2.82. The van der Waals surface area contributed by atoms with Crippen molar-refractivity contribution >= 4 is 28.9 Å². The minimum Gasteiger partial charge on any atom is -0.324 e. The minimum atomic E-state index is -0.542. The van der Waals surface area contributed by atoms with E-state index < -0.39 is 11.7 Å². The van der Waals surface area contributed by atoms with Gasteiger partial charge in [-0.1, -0.05) is 11.6 Å². The average molecular weight is 294 g/mol. The Kier molecular flexibility index (Phi) is 4.22. The van der Waals surface area contributed by atoms with E-state index in [1.54, 1.807) is 18.2 Å². The number of carbonyl (C=O) groups is 1. The maximum absolute atomic E-state index is 13.5. The standard InChI is InChI=1S/C14H13ClFN3O/c1-8-6-9(2-5-12(8)19-17)14(20)18-13-7-10(15)3-4-11(13)16/h2-7,19H,17H2,1H3,(H,18,20). The Morgan fingerprint density at radius 2 is 1.95 bits per heavy atom. The molecule has 0 saturated heterocycles. The van der Waals surface area contributed by atoms with E-state index in [2.05, 4.69) is 10.7 Å². The SMILES string of the molecule is Cc1cc(C(=O)Nc2cc(Cl)ccc2F)ccc1NN. The highest BCUT2D eigenvalue weighted by Gasteiger charge is 2.11. The van der Waals surface area contributed by atoms with Crippen LogP contribution in [0.4, 0.5) is 15.8 Å². The van der Waals surface area contributed by atoms with Gasteiger partial charge in [0.1, 0.15) is 5.82 Å². The van der Waals surface area contributed by atoms with Crippen LogP contribution in [0.1, 0.15) is 15.9 Å². The second kappa shape index (κ2) is 5.90. The van der Waals surface area contributed by atoms with E-state index in [0.29, 0.717) is 10.6 Å². The molecule has 0 heterocycles. The van der Waals surface area contributed by atoms with Gasteiger partial charge in [-0.25, -0.2) is 4.39 Å². The van der Waals surface area contributed by atoms with Gasteiger partial charge in [-0.2, -0.15) is 0 Å². The summed E-state index contributed by atoms with van der Waals surface area (Å²) in [5.74, 6) is 4.36. The van der Waals surface area contributed by atoms with Gasteiger partial charge < -0.3 is 10.7 Å². The first-order valence-corrected chi connectivity index (χ1v) is 6.22. The maximum atomic E-state index is 13.5. The maximum Gasteiger partial charge on any atom is 0.255 e. The van der Waals surface area contributed by atoms with Gasteiger partial charge in [-0.15, -0.1) is 0 Å². The molecule has 0 spiro atoms. The number of aryl methyl sites for hydroxylation is 1. The second-order valence-corrected chi connectivity index (χ2v) is 4.69. The fraction of sp³-hybridized carbons (Fsp3) is 0.0714. The van der Waals surface area contributed by atoms with Crippen LogP contribution in [0, 0.1) is 12.7 Å². The van der Waals surface area contributed by atoms with Gasteiger partial charge in [0.15, 0.2) is 0 Å². The van der Waals surface area contributed by atoms with Crippen molar-refractivity contribution in [2.45, 2.75) is 6.92 Å². The molecule has 4 nitrogen and oxygen atoms in total. The number of anilines is 2. The fourth-order valence-corrected chi connectivity index (χ4v) is 1.93. The van der Waals surface area contributed by atoms with Crippen molar-refractivity contribution in [2.75, 3.05) is 10.7 Å². The zero-order valence-electron chi connectivity index (χ0n) is 10.7. The molecule has 0 aromatic heterocycles. The monoisotopic (exact) mass is 293 g/mol. The van der Waals surface area contributed by atoms with Gasteiger partial charge in [0.2, 0.25) is 0 Å². The Hall–Kier alpha value is -2.11. The number of hydrogen-bond donors (Lipinski definition) is 3. The van der Waals surface area contributed by atoms with Crippen LogP contribution in [0.25, 0.3) is 0 Å². The summed E-state index contributed by atoms with van der Waals surface area (Å²) >= 11 is 5.77. The second-order valence-electron chi connectivity index (χ2n) is 4.25. The summed E-state index contributed by atoms with van der Waals surface area (Å²) in [7, 11) is 0. The molecule has 6 heteroatoms. The first-order valence-electron chi connectivity index (χ1n) is 5.85. The smallest absolute Gasteiger partial charge is 0.255 e. The van der Waals surface area contributed by atoms with Crippen molar-refractivity contribution in [1.29, 1.82) is 0 Å². The Balaban J connectivity index is 2.24. The first kappa shape index (κ1) is 14.3. The van der Waals surface area contributed by atoms with Crippen molar-refractivity contribution in [3.8, 4) is 0 Å². The fourth-order valence-electron chi connectivity index (χ4n) is 1.75. The normalized spacial score (nSPS) is 10.2. The Bertz CT molecular complexity index is 661. The molecule has 0 aliphatic heterocycles. The zero-order valence-corrected chi connectivity index (χ0v) is 11.5. The van der Waals surface area contributed by atoms with Crippen LogP contribution in [0.15, 0.2) is 36.4 Å². The lowest BCUT2D eigenvalue weighted by molar-refractivity contribution is 0.102. The topological polar surface area (TPSA) is 67.2 Å². The molecule has 4 N–H and O–H groups in total. The summed E-state index contributed by atoms with van der Waals surface area (Å²) in [6, 6.07) is 8.91. The molecule has 0 saturated carbocycles. The number of nitrogens with one attached hydrogen (secondary N) is 2. The van der Waals surface area contributed by atoms with E-state index in [9.17, 15) is 9.18 Å². The number of carbonyl (C=O) groups excluding carboxylic acids is 1. The van der Waals surface area contributed by atoms with E-state index in [1.807, 2.05) is 6.92 Å². The molecule has 0 fully saturated rings. The molecule has 2 rings (SSSR count). The van der Waals surface area contributed by atoms with E-state index in [1.165, 1.54) is 18.2 Å². The van der Waals surface area contributed by atoms with Crippen molar-refractivity contribution < 1.29 is 9.18 Å². The van der Waals surface area contributed by atoms with Crippen molar-refractivity contribution in [1.82, 2.24) is 0 Å². The zero-order chi connectivity index (χ0) is 14.7. The summed E-state index contributed by atoms with van der Waals surface area (Å²) in [6.45, 7) is 1.81. The van der Waals surface area contributed by atoms with Crippen LogP contribution in [0.3, 0.4) is 0 Å². The highest BCUT2D eigenvalue weighted by Crippen LogP contribution is 2.21. The third kappa shape index (κ3) is 3.07. The lowest BCUT2D eigenvalue weighted by atomic mass is 10.1. The van der Waals surface area contributed by atoms with Gasteiger partial charge in [0.05, 0.1) is 11.4 Å². The summed E-state index contributed by atoms with van der Waals surface area (Å²) < 4.78 is 13.5. The molecule has 0 unspecified atom stereocenters. The summed E-state index contributed by atoms with van der Waals surface area (Å²) in [5, 5.41) is 2.83. The number of nitrogens with two attached hydrogens (primary N) is 1. The molecule has 0 aliphatic rings.